The molecule has 0 aromatic heterocycles. The highest BCUT2D eigenvalue weighted by Gasteiger charge is 2.38. The van der Waals surface area contributed by atoms with Crippen LogP contribution in [-0.4, -0.2) is 28.1 Å². The fraction of sp³-hybridized carbons (Fsp3) is 0.150. The van der Waals surface area contributed by atoms with Gasteiger partial charge in [-0.1, -0.05) is 42.5 Å². The summed E-state index contributed by atoms with van der Waals surface area (Å²) in [4.78, 5) is 36.0. The van der Waals surface area contributed by atoms with Crippen LogP contribution in [0.3, 0.4) is 0 Å². The predicted molar refractivity (Wildman–Crippen MR) is 99.5 cm³/mol. The molecule has 3 rings (SSSR count). The van der Waals surface area contributed by atoms with E-state index in [1.165, 1.54) is 6.92 Å². The van der Waals surface area contributed by atoms with Crippen molar-refractivity contribution < 1.29 is 24.2 Å². The zero-order valence-corrected chi connectivity index (χ0v) is 15.3. The molecule has 0 unspecified atom stereocenters. The van der Waals surface area contributed by atoms with Crippen LogP contribution < -0.4 is 9.84 Å². The molecule has 0 saturated carbocycles. The molecule has 1 saturated heterocycles. The minimum absolute atomic E-state index is 0.172. The molecule has 2 amide bonds. The quantitative estimate of drug-likeness (QED) is 0.713. The molecular weight excluding hydrogens is 366 g/mol. The Bertz CT molecular complexity index is 892. The molecule has 2 aromatic rings. The number of aliphatic carboxylic acids is 1. The number of rotatable bonds is 6. The van der Waals surface area contributed by atoms with Crippen LogP contribution in [0, 0.1) is 0 Å². The van der Waals surface area contributed by atoms with E-state index in [1.807, 2.05) is 30.3 Å². The summed E-state index contributed by atoms with van der Waals surface area (Å²) in [5, 5.41) is 10.3. The Hall–Kier alpha value is -3.06. The number of nitrogens with zero attached hydrogens (tertiary/aromatic N) is 1. The van der Waals surface area contributed by atoms with E-state index in [1.54, 1.807) is 30.3 Å². The number of carbonyl (C=O) groups is 3. The lowest BCUT2D eigenvalue weighted by atomic mass is 10.2. The molecule has 7 heteroatoms. The first-order valence-corrected chi connectivity index (χ1v) is 9.02. The maximum atomic E-state index is 12.3. The van der Waals surface area contributed by atoms with E-state index in [0.717, 1.165) is 5.56 Å². The maximum absolute atomic E-state index is 12.3. The zero-order valence-electron chi connectivity index (χ0n) is 14.5. The van der Waals surface area contributed by atoms with Crippen LogP contribution in [-0.2, 0) is 16.2 Å². The molecule has 1 atom stereocenters. The average Bonchev–Trinajstić information content (AvgIpc) is 2.94. The monoisotopic (exact) mass is 382 g/mol. The van der Waals surface area contributed by atoms with Crippen LogP contribution >= 0.6 is 11.8 Å². The Morgan fingerprint density at radius 3 is 2.44 bits per heavy atom. The number of benzene rings is 2. The molecule has 0 aliphatic carbocycles. The van der Waals surface area contributed by atoms with Crippen LogP contribution in [0.25, 0.3) is 6.08 Å². The van der Waals surface area contributed by atoms with Gasteiger partial charge >= 0.3 is 0 Å². The first-order chi connectivity index (χ1) is 13.0. The van der Waals surface area contributed by atoms with Crippen molar-refractivity contribution >= 4 is 35.0 Å². The first-order valence-electron chi connectivity index (χ1n) is 8.20. The normalized spacial score (nSPS) is 16.6. The van der Waals surface area contributed by atoms with E-state index in [9.17, 15) is 19.5 Å². The van der Waals surface area contributed by atoms with Gasteiger partial charge in [-0.25, -0.2) is 0 Å². The molecular formula is C20H16NO5S-. The molecule has 0 radical (unpaired) electrons. The fourth-order valence-electron chi connectivity index (χ4n) is 2.47. The summed E-state index contributed by atoms with van der Waals surface area (Å²) < 4.78 is 5.70. The number of thioether (sulfide) groups is 1. The molecule has 0 N–H and O–H groups in total. The third-order valence-electron chi connectivity index (χ3n) is 3.98. The first kappa shape index (κ1) is 18.7. The van der Waals surface area contributed by atoms with Gasteiger partial charge in [0.1, 0.15) is 12.4 Å². The highest BCUT2D eigenvalue weighted by molar-refractivity contribution is 8.18. The molecule has 2 aromatic carbocycles. The Morgan fingerprint density at radius 2 is 1.81 bits per heavy atom. The number of hydrogen-bond donors (Lipinski definition) is 0. The number of amides is 2. The second-order valence-corrected chi connectivity index (χ2v) is 6.88. The maximum Gasteiger partial charge on any atom is 0.294 e. The van der Waals surface area contributed by atoms with E-state index in [2.05, 4.69) is 0 Å². The van der Waals surface area contributed by atoms with Crippen molar-refractivity contribution in [2.24, 2.45) is 0 Å². The Labute approximate surface area is 160 Å². The summed E-state index contributed by atoms with van der Waals surface area (Å²) >= 11 is 0.710. The van der Waals surface area contributed by atoms with E-state index in [0.29, 0.717) is 34.6 Å². The smallest absolute Gasteiger partial charge is 0.294 e. The second-order valence-electron chi connectivity index (χ2n) is 5.89. The van der Waals surface area contributed by atoms with Crippen molar-refractivity contribution in [2.45, 2.75) is 19.6 Å². The molecule has 6 nitrogen and oxygen atoms in total. The standard InChI is InChI=1S/C20H17NO5S/c1-13(19(23)24)21-18(22)17(27-20(21)25)11-14-7-9-16(10-8-14)26-12-15-5-3-2-4-6-15/h2-11,13H,12H2,1H3,(H,23,24)/p-1/b17-11-/t13-/m1/s1. The molecule has 1 heterocycles. The molecule has 0 spiro atoms. The molecule has 0 bridgehead atoms. The van der Waals surface area contributed by atoms with E-state index in [-0.39, 0.29) is 4.91 Å². The summed E-state index contributed by atoms with van der Waals surface area (Å²) in [7, 11) is 0. The van der Waals surface area contributed by atoms with Gasteiger partial charge in [0.15, 0.2) is 0 Å². The fourth-order valence-corrected chi connectivity index (χ4v) is 3.38. The van der Waals surface area contributed by atoms with E-state index >= 15 is 0 Å². The summed E-state index contributed by atoms with van der Waals surface area (Å²) in [6, 6.07) is 15.5. The Balaban J connectivity index is 1.68. The molecule has 138 valence electrons. The van der Waals surface area contributed by atoms with Crippen LogP contribution in [0.15, 0.2) is 59.5 Å². The summed E-state index contributed by atoms with van der Waals surface area (Å²) in [6.45, 7) is 1.69. The van der Waals surface area contributed by atoms with E-state index < -0.39 is 23.2 Å². The second kappa shape index (κ2) is 8.09. The number of carboxylic acid groups (broad SMARTS) is 1. The number of ether oxygens (including phenoxy) is 1. The minimum Gasteiger partial charge on any atom is -0.548 e. The number of carboxylic acids is 1. The van der Waals surface area contributed by atoms with Gasteiger partial charge in [-0.15, -0.1) is 0 Å². The highest BCUT2D eigenvalue weighted by atomic mass is 32.2. The van der Waals surface area contributed by atoms with Crippen molar-refractivity contribution in [1.82, 2.24) is 4.90 Å². The van der Waals surface area contributed by atoms with Gasteiger partial charge < -0.3 is 14.6 Å². The van der Waals surface area contributed by atoms with Crippen LogP contribution in [0.5, 0.6) is 5.75 Å². The highest BCUT2D eigenvalue weighted by Crippen LogP contribution is 2.33. The van der Waals surface area contributed by atoms with Gasteiger partial charge in [-0.05, 0) is 48.0 Å². The van der Waals surface area contributed by atoms with Crippen molar-refractivity contribution in [1.29, 1.82) is 0 Å². The van der Waals surface area contributed by atoms with Gasteiger partial charge in [0, 0.05) is 0 Å². The zero-order chi connectivity index (χ0) is 19.4. The molecule has 1 aliphatic rings. The van der Waals surface area contributed by atoms with Gasteiger partial charge in [-0.2, -0.15) is 0 Å². The van der Waals surface area contributed by atoms with Gasteiger partial charge in [0.25, 0.3) is 11.1 Å². The van der Waals surface area contributed by atoms with Crippen molar-refractivity contribution in [3.05, 3.63) is 70.6 Å². The lowest BCUT2D eigenvalue weighted by Gasteiger charge is -2.21. The van der Waals surface area contributed by atoms with Gasteiger partial charge in [0.2, 0.25) is 0 Å². The third-order valence-corrected chi connectivity index (χ3v) is 4.86. The Morgan fingerprint density at radius 1 is 1.15 bits per heavy atom. The van der Waals surface area contributed by atoms with Gasteiger partial charge in [0.05, 0.1) is 16.9 Å². The van der Waals surface area contributed by atoms with Crippen LogP contribution in [0.4, 0.5) is 4.79 Å². The lowest BCUT2D eigenvalue weighted by molar-refractivity contribution is -0.309. The summed E-state index contributed by atoms with van der Waals surface area (Å²) in [5.74, 6) is -1.43. The third kappa shape index (κ3) is 4.38. The van der Waals surface area contributed by atoms with Crippen molar-refractivity contribution in [2.75, 3.05) is 0 Å². The van der Waals surface area contributed by atoms with E-state index in [4.69, 9.17) is 4.74 Å². The Kier molecular flexibility index (Phi) is 5.61. The van der Waals surface area contributed by atoms with Crippen molar-refractivity contribution in [3.63, 3.8) is 0 Å². The van der Waals surface area contributed by atoms with Crippen LogP contribution in [0.1, 0.15) is 18.1 Å². The molecule has 1 aliphatic heterocycles. The minimum atomic E-state index is -1.47. The van der Waals surface area contributed by atoms with Crippen molar-refractivity contribution in [3.8, 4) is 5.75 Å². The average molecular weight is 382 g/mol. The number of imide groups is 1. The summed E-state index contributed by atoms with van der Waals surface area (Å²) in [5.41, 5.74) is 1.76. The topological polar surface area (TPSA) is 86.7 Å². The number of hydrogen-bond acceptors (Lipinski definition) is 6. The van der Waals surface area contributed by atoms with Crippen LogP contribution in [0.2, 0.25) is 0 Å². The lowest BCUT2D eigenvalue weighted by Crippen LogP contribution is -2.48. The largest absolute Gasteiger partial charge is 0.548 e. The predicted octanol–water partition coefficient (Wildman–Crippen LogP) is 2.44. The molecule has 27 heavy (non-hydrogen) atoms. The van der Waals surface area contributed by atoms with Gasteiger partial charge in [-0.3, -0.25) is 14.5 Å². The molecule has 1 fully saturated rings. The number of carbonyl (C=O) groups excluding carboxylic acids is 3. The SMILES string of the molecule is C[C@H](C(=O)[O-])N1C(=O)S/C(=C\c2ccc(OCc3ccccc3)cc2)C1=O. The summed E-state index contributed by atoms with van der Waals surface area (Å²) in [6.07, 6.45) is 1.55.